The van der Waals surface area contributed by atoms with E-state index in [9.17, 15) is 4.79 Å². The van der Waals surface area contributed by atoms with E-state index in [4.69, 9.17) is 14.2 Å². The van der Waals surface area contributed by atoms with Crippen molar-refractivity contribution >= 4 is 5.91 Å². The number of amides is 1. The monoisotopic (exact) mass is 412 g/mol. The Morgan fingerprint density at radius 1 is 0.867 bits per heavy atom. The van der Waals surface area contributed by atoms with Gasteiger partial charge in [0, 0.05) is 24.2 Å². The molecule has 0 aliphatic carbocycles. The highest BCUT2D eigenvalue weighted by Crippen LogP contribution is 2.39. The van der Waals surface area contributed by atoms with Crippen LogP contribution in [-0.2, 0) is 13.1 Å². The van der Waals surface area contributed by atoms with Crippen LogP contribution in [0.4, 0.5) is 0 Å². The molecule has 6 heteroatoms. The number of ether oxygens (including phenoxy) is 3. The Hall–Kier alpha value is -2.73. The standard InChI is InChI=1S/C24H32N2O4/c1-28-21-13-12-20(22(29-2)23(21)30-3)16-25-24(27)19-10-8-18(9-11-19)17-26-14-6-4-5-7-15-26/h8-13H,4-7,14-17H2,1-3H3,(H,25,27). The second-order valence-corrected chi connectivity index (χ2v) is 7.56. The number of likely N-dealkylation sites (tertiary alicyclic amines) is 1. The summed E-state index contributed by atoms with van der Waals surface area (Å²) in [4.78, 5) is 15.1. The Bertz CT molecular complexity index is 828. The van der Waals surface area contributed by atoms with Crippen molar-refractivity contribution in [1.29, 1.82) is 0 Å². The summed E-state index contributed by atoms with van der Waals surface area (Å²) in [6.45, 7) is 3.60. The van der Waals surface area contributed by atoms with Gasteiger partial charge in [-0.2, -0.15) is 0 Å². The van der Waals surface area contributed by atoms with Crippen molar-refractivity contribution in [2.24, 2.45) is 0 Å². The smallest absolute Gasteiger partial charge is 0.251 e. The predicted molar refractivity (Wildman–Crippen MR) is 117 cm³/mol. The van der Waals surface area contributed by atoms with Gasteiger partial charge in [0.15, 0.2) is 11.5 Å². The first-order valence-corrected chi connectivity index (χ1v) is 10.5. The first kappa shape index (κ1) is 22.0. The van der Waals surface area contributed by atoms with E-state index in [2.05, 4.69) is 22.3 Å². The minimum atomic E-state index is -0.117. The highest BCUT2D eigenvalue weighted by atomic mass is 16.5. The summed E-state index contributed by atoms with van der Waals surface area (Å²) in [6, 6.07) is 11.6. The van der Waals surface area contributed by atoms with Crippen LogP contribution in [0.1, 0.15) is 47.2 Å². The largest absolute Gasteiger partial charge is 0.493 e. The molecule has 1 heterocycles. The minimum Gasteiger partial charge on any atom is -0.493 e. The van der Waals surface area contributed by atoms with E-state index in [0.29, 0.717) is 29.4 Å². The van der Waals surface area contributed by atoms with Crippen LogP contribution in [0.25, 0.3) is 0 Å². The SMILES string of the molecule is COc1ccc(CNC(=O)c2ccc(CN3CCCCCC3)cc2)c(OC)c1OC. The lowest BCUT2D eigenvalue weighted by molar-refractivity contribution is 0.0950. The lowest BCUT2D eigenvalue weighted by atomic mass is 10.1. The summed E-state index contributed by atoms with van der Waals surface area (Å²) in [5.41, 5.74) is 2.71. The number of rotatable bonds is 8. The second kappa shape index (κ2) is 10.9. The molecule has 0 aromatic heterocycles. The molecule has 1 aliphatic heterocycles. The maximum atomic E-state index is 12.6. The summed E-state index contributed by atoms with van der Waals surface area (Å²) >= 11 is 0. The van der Waals surface area contributed by atoms with E-state index in [1.807, 2.05) is 18.2 Å². The van der Waals surface area contributed by atoms with Crippen molar-refractivity contribution in [3.8, 4) is 17.2 Å². The van der Waals surface area contributed by atoms with Crippen LogP contribution in [0.3, 0.4) is 0 Å². The number of nitrogens with zero attached hydrogens (tertiary/aromatic N) is 1. The predicted octanol–water partition coefficient (Wildman–Crippen LogP) is 4.02. The summed E-state index contributed by atoms with van der Waals surface area (Å²) in [7, 11) is 4.72. The Morgan fingerprint density at radius 3 is 2.13 bits per heavy atom. The molecular formula is C24H32N2O4. The highest BCUT2D eigenvalue weighted by Gasteiger charge is 2.17. The van der Waals surface area contributed by atoms with Crippen LogP contribution in [0.5, 0.6) is 17.2 Å². The normalized spacial score (nSPS) is 14.6. The van der Waals surface area contributed by atoms with E-state index in [0.717, 1.165) is 25.2 Å². The molecule has 0 bridgehead atoms. The number of nitrogens with one attached hydrogen (secondary N) is 1. The zero-order valence-electron chi connectivity index (χ0n) is 18.2. The molecule has 1 fully saturated rings. The van der Waals surface area contributed by atoms with Crippen molar-refractivity contribution in [1.82, 2.24) is 10.2 Å². The Morgan fingerprint density at radius 2 is 1.53 bits per heavy atom. The van der Waals surface area contributed by atoms with Gasteiger partial charge in [0.05, 0.1) is 21.3 Å². The Kier molecular flexibility index (Phi) is 7.97. The molecule has 3 rings (SSSR count). The van der Waals surface area contributed by atoms with Crippen molar-refractivity contribution < 1.29 is 19.0 Å². The van der Waals surface area contributed by atoms with Gasteiger partial charge in [0.25, 0.3) is 5.91 Å². The number of carbonyl (C=O) groups excluding carboxylic acids is 1. The van der Waals surface area contributed by atoms with E-state index in [-0.39, 0.29) is 5.91 Å². The van der Waals surface area contributed by atoms with Crippen LogP contribution >= 0.6 is 0 Å². The maximum absolute atomic E-state index is 12.6. The number of benzene rings is 2. The topological polar surface area (TPSA) is 60.0 Å². The van der Waals surface area contributed by atoms with Crippen molar-refractivity contribution in [2.75, 3.05) is 34.4 Å². The molecule has 1 saturated heterocycles. The quantitative estimate of drug-likeness (QED) is 0.710. The highest BCUT2D eigenvalue weighted by molar-refractivity contribution is 5.94. The van der Waals surface area contributed by atoms with E-state index in [1.54, 1.807) is 27.4 Å². The molecule has 0 saturated carbocycles. The molecule has 162 valence electrons. The third-order valence-corrected chi connectivity index (χ3v) is 5.55. The van der Waals surface area contributed by atoms with Crippen LogP contribution in [0.2, 0.25) is 0 Å². The lowest BCUT2D eigenvalue weighted by Gasteiger charge is -2.19. The van der Waals surface area contributed by atoms with Gasteiger partial charge in [-0.1, -0.05) is 25.0 Å². The summed E-state index contributed by atoms with van der Waals surface area (Å²) in [5, 5.41) is 2.96. The van der Waals surface area contributed by atoms with Crippen LogP contribution < -0.4 is 19.5 Å². The first-order valence-electron chi connectivity index (χ1n) is 10.5. The van der Waals surface area contributed by atoms with Gasteiger partial charge in [-0.25, -0.2) is 0 Å². The molecule has 2 aromatic carbocycles. The summed E-state index contributed by atoms with van der Waals surface area (Å²) < 4.78 is 16.2. The van der Waals surface area contributed by atoms with Gasteiger partial charge in [0.1, 0.15) is 0 Å². The minimum absolute atomic E-state index is 0.117. The van der Waals surface area contributed by atoms with Gasteiger partial charge in [-0.05, 0) is 55.8 Å². The number of hydrogen-bond donors (Lipinski definition) is 1. The Balaban J connectivity index is 1.61. The molecule has 0 spiro atoms. The number of carbonyl (C=O) groups is 1. The third kappa shape index (κ3) is 5.45. The fourth-order valence-corrected chi connectivity index (χ4v) is 3.89. The molecular weight excluding hydrogens is 380 g/mol. The first-order chi connectivity index (χ1) is 14.7. The summed E-state index contributed by atoms with van der Waals surface area (Å²) in [5.74, 6) is 1.55. The van der Waals surface area contributed by atoms with Gasteiger partial charge >= 0.3 is 0 Å². The van der Waals surface area contributed by atoms with E-state index >= 15 is 0 Å². The molecule has 1 amide bonds. The molecule has 30 heavy (non-hydrogen) atoms. The summed E-state index contributed by atoms with van der Waals surface area (Å²) in [6.07, 6.45) is 5.22. The molecule has 0 atom stereocenters. The zero-order valence-corrected chi connectivity index (χ0v) is 18.2. The molecule has 0 radical (unpaired) electrons. The second-order valence-electron chi connectivity index (χ2n) is 7.56. The van der Waals surface area contributed by atoms with Crippen molar-refractivity contribution in [2.45, 2.75) is 38.8 Å². The molecule has 6 nitrogen and oxygen atoms in total. The molecule has 0 unspecified atom stereocenters. The average Bonchev–Trinajstić information content (AvgIpc) is 3.05. The van der Waals surface area contributed by atoms with Gasteiger partial charge in [-0.3, -0.25) is 9.69 Å². The van der Waals surface area contributed by atoms with E-state index < -0.39 is 0 Å². The zero-order chi connectivity index (χ0) is 21.3. The lowest BCUT2D eigenvalue weighted by Crippen LogP contribution is -2.24. The van der Waals surface area contributed by atoms with Gasteiger partial charge in [-0.15, -0.1) is 0 Å². The maximum Gasteiger partial charge on any atom is 0.251 e. The molecule has 2 aromatic rings. The molecule has 1 aliphatic rings. The average molecular weight is 413 g/mol. The number of hydrogen-bond acceptors (Lipinski definition) is 5. The fraction of sp³-hybridized carbons (Fsp3) is 0.458. The molecule has 1 N–H and O–H groups in total. The van der Waals surface area contributed by atoms with Crippen LogP contribution in [-0.4, -0.2) is 45.2 Å². The van der Waals surface area contributed by atoms with E-state index in [1.165, 1.54) is 31.2 Å². The number of methoxy groups -OCH3 is 3. The van der Waals surface area contributed by atoms with Gasteiger partial charge in [0.2, 0.25) is 5.75 Å². The Labute approximate surface area is 179 Å². The van der Waals surface area contributed by atoms with Gasteiger partial charge < -0.3 is 19.5 Å². The third-order valence-electron chi connectivity index (χ3n) is 5.55. The fourth-order valence-electron chi connectivity index (χ4n) is 3.89. The van der Waals surface area contributed by atoms with Crippen molar-refractivity contribution in [3.63, 3.8) is 0 Å². The van der Waals surface area contributed by atoms with Crippen LogP contribution in [0, 0.1) is 0 Å². The van der Waals surface area contributed by atoms with Crippen molar-refractivity contribution in [3.05, 3.63) is 53.1 Å². The van der Waals surface area contributed by atoms with Crippen LogP contribution in [0.15, 0.2) is 36.4 Å².